The number of hydrogen-bond donors (Lipinski definition) is 2. The molecule has 0 unspecified atom stereocenters. The predicted octanol–water partition coefficient (Wildman–Crippen LogP) is 1.80. The normalized spacial score (nSPS) is 12.5. The van der Waals surface area contributed by atoms with Gasteiger partial charge in [0.2, 0.25) is 10.0 Å². The maximum atomic E-state index is 11.2. The van der Waals surface area contributed by atoms with Crippen LogP contribution in [0.25, 0.3) is 21.9 Å². The first-order chi connectivity index (χ1) is 11.8. The molecule has 0 amide bonds. The van der Waals surface area contributed by atoms with Gasteiger partial charge >= 0.3 is 0 Å². The van der Waals surface area contributed by atoms with Crippen LogP contribution in [0.3, 0.4) is 0 Å². The molecule has 9 heteroatoms. The van der Waals surface area contributed by atoms with Crippen LogP contribution in [0.2, 0.25) is 0 Å². The van der Waals surface area contributed by atoms with Gasteiger partial charge < -0.3 is 10.3 Å². The largest absolute Gasteiger partial charge is 0.382 e. The molecule has 3 rings (SSSR count). The summed E-state index contributed by atoms with van der Waals surface area (Å²) < 4.78 is 24.4. The zero-order chi connectivity index (χ0) is 18.2. The van der Waals surface area contributed by atoms with E-state index in [0.29, 0.717) is 29.6 Å². The van der Waals surface area contributed by atoms with Gasteiger partial charge in [0.25, 0.3) is 0 Å². The molecular weight excluding hydrogens is 342 g/mol. The second kappa shape index (κ2) is 6.58. The maximum absolute atomic E-state index is 11.2. The molecule has 1 aromatic carbocycles. The van der Waals surface area contributed by atoms with Gasteiger partial charge in [-0.05, 0) is 12.0 Å². The van der Waals surface area contributed by atoms with Gasteiger partial charge in [-0.15, -0.1) is 0 Å². The Kier molecular flexibility index (Phi) is 4.63. The second-order valence-electron chi connectivity index (χ2n) is 6.39. The van der Waals surface area contributed by atoms with Gasteiger partial charge in [0.05, 0.1) is 17.3 Å². The van der Waals surface area contributed by atoms with E-state index in [1.54, 1.807) is 0 Å². The number of pyridine rings is 1. The quantitative estimate of drug-likeness (QED) is 0.646. The molecule has 0 saturated heterocycles. The van der Waals surface area contributed by atoms with Crippen molar-refractivity contribution in [2.75, 3.05) is 12.0 Å². The predicted molar refractivity (Wildman–Crippen MR) is 97.1 cm³/mol. The van der Waals surface area contributed by atoms with Crippen LogP contribution >= 0.6 is 0 Å². The first-order valence-corrected chi connectivity index (χ1v) is 9.77. The molecular formula is C16H21N5O3S. The lowest BCUT2D eigenvalue weighted by Gasteiger charge is -2.13. The van der Waals surface area contributed by atoms with Gasteiger partial charge in [-0.25, -0.2) is 18.4 Å². The number of nitrogens with one attached hydrogen (secondary N) is 1. The van der Waals surface area contributed by atoms with Crippen LogP contribution in [0.4, 0.5) is 5.82 Å². The highest BCUT2D eigenvalue weighted by molar-refractivity contribution is 7.88. The second-order valence-corrected chi connectivity index (χ2v) is 8.10. The van der Waals surface area contributed by atoms with Crippen LogP contribution in [-0.4, -0.2) is 29.2 Å². The Labute approximate surface area is 146 Å². The zero-order valence-electron chi connectivity index (χ0n) is 14.4. The first kappa shape index (κ1) is 17.6. The molecule has 25 heavy (non-hydrogen) atoms. The third-order valence-corrected chi connectivity index (χ3v) is 4.07. The summed E-state index contributed by atoms with van der Waals surface area (Å²) >= 11 is 0. The molecule has 0 aliphatic carbocycles. The maximum Gasteiger partial charge on any atom is 0.230 e. The fraction of sp³-hybridized carbons (Fsp3) is 0.375. The molecule has 3 aromatic rings. The van der Waals surface area contributed by atoms with Crippen LogP contribution in [0.1, 0.15) is 19.7 Å². The highest BCUT2D eigenvalue weighted by atomic mass is 32.2. The van der Waals surface area contributed by atoms with Crippen LogP contribution in [-0.2, 0) is 28.0 Å². The Morgan fingerprint density at radius 1 is 1.28 bits per heavy atom. The van der Waals surface area contributed by atoms with Crippen LogP contribution in [0, 0.1) is 5.92 Å². The van der Waals surface area contributed by atoms with Crippen molar-refractivity contribution in [1.29, 1.82) is 0 Å². The van der Waals surface area contributed by atoms with Crippen LogP contribution < -0.4 is 10.6 Å². The average molecular weight is 363 g/mol. The van der Waals surface area contributed by atoms with Crippen molar-refractivity contribution in [2.24, 2.45) is 5.92 Å². The number of benzene rings is 1. The molecule has 0 atom stereocenters. The molecule has 0 aliphatic heterocycles. The van der Waals surface area contributed by atoms with E-state index >= 15 is 0 Å². The Hall–Kier alpha value is -2.23. The Bertz CT molecular complexity index is 1030. The van der Waals surface area contributed by atoms with Crippen LogP contribution in [0.5, 0.6) is 0 Å². The first-order valence-electron chi connectivity index (χ1n) is 7.88. The van der Waals surface area contributed by atoms with E-state index in [0.717, 1.165) is 22.7 Å². The number of anilines is 1. The minimum absolute atomic E-state index is 0.0117. The Morgan fingerprint density at radius 3 is 2.68 bits per heavy atom. The lowest BCUT2D eigenvalue weighted by molar-refractivity contribution is 0.0731. The van der Waals surface area contributed by atoms with Crippen molar-refractivity contribution < 1.29 is 13.3 Å². The highest BCUT2D eigenvalue weighted by Crippen LogP contribution is 2.29. The summed E-state index contributed by atoms with van der Waals surface area (Å²) in [5.41, 5.74) is 8.36. The SMILES string of the molecule is CC(C)Cn1c(CONS(C)(=O)=O)nc2c(N)nc3ccccc3c21. The van der Waals surface area contributed by atoms with Gasteiger partial charge in [0.1, 0.15) is 17.9 Å². The lowest BCUT2D eigenvalue weighted by Crippen LogP contribution is -2.23. The number of aromatic nitrogens is 3. The number of sulfonamides is 1. The summed E-state index contributed by atoms with van der Waals surface area (Å²) in [5, 5.41) is 0.946. The molecule has 0 radical (unpaired) electrons. The van der Waals surface area contributed by atoms with Gasteiger partial charge in [-0.3, -0.25) is 4.84 Å². The monoisotopic (exact) mass is 363 g/mol. The van der Waals surface area contributed by atoms with Crippen molar-refractivity contribution in [1.82, 2.24) is 19.4 Å². The topological polar surface area (TPSA) is 112 Å². The molecule has 8 nitrogen and oxygen atoms in total. The average Bonchev–Trinajstić information content (AvgIpc) is 2.85. The van der Waals surface area contributed by atoms with E-state index in [1.807, 2.05) is 33.7 Å². The summed E-state index contributed by atoms with van der Waals surface area (Å²) in [6.07, 6.45) is 1.03. The van der Waals surface area contributed by atoms with Crippen molar-refractivity contribution in [3.8, 4) is 0 Å². The minimum atomic E-state index is -3.45. The van der Waals surface area contributed by atoms with Gasteiger partial charge in [-0.2, -0.15) is 0 Å². The fourth-order valence-electron chi connectivity index (χ4n) is 2.78. The van der Waals surface area contributed by atoms with Crippen molar-refractivity contribution in [3.63, 3.8) is 0 Å². The van der Waals surface area contributed by atoms with Crippen LogP contribution in [0.15, 0.2) is 24.3 Å². The Balaban J connectivity index is 2.16. The van der Waals surface area contributed by atoms with E-state index < -0.39 is 10.0 Å². The molecule has 134 valence electrons. The van der Waals surface area contributed by atoms with Crippen molar-refractivity contribution >= 4 is 37.8 Å². The highest BCUT2D eigenvalue weighted by Gasteiger charge is 2.18. The number of nitrogen functional groups attached to an aromatic ring is 1. The number of rotatable bonds is 6. The summed E-state index contributed by atoms with van der Waals surface area (Å²) in [7, 11) is -3.45. The number of nitrogens with two attached hydrogens (primary N) is 1. The third kappa shape index (κ3) is 3.73. The standard InChI is InChI=1S/C16H21N5O3S/c1-10(2)8-21-13(9-24-20-25(3,22)23)19-14-15(21)11-6-4-5-7-12(11)18-16(14)17/h4-7,10,20H,8-9H2,1-3H3,(H2,17,18). The summed E-state index contributed by atoms with van der Waals surface area (Å²) in [4.78, 5) is 16.1. The number of para-hydroxylation sites is 1. The summed E-state index contributed by atoms with van der Waals surface area (Å²) in [6.45, 7) is 4.87. The van der Waals surface area contributed by atoms with Crippen molar-refractivity contribution in [3.05, 3.63) is 30.1 Å². The van der Waals surface area contributed by atoms with E-state index in [-0.39, 0.29) is 6.61 Å². The number of imidazole rings is 1. The minimum Gasteiger partial charge on any atom is -0.382 e. The fourth-order valence-corrected chi connectivity index (χ4v) is 3.05. The number of nitrogens with zero attached hydrogens (tertiary/aromatic N) is 3. The van der Waals surface area contributed by atoms with E-state index in [9.17, 15) is 8.42 Å². The van der Waals surface area contributed by atoms with Gasteiger partial charge in [0, 0.05) is 11.9 Å². The molecule has 0 saturated carbocycles. The molecule has 0 aliphatic rings. The molecule has 0 fully saturated rings. The van der Waals surface area contributed by atoms with E-state index in [2.05, 4.69) is 23.8 Å². The van der Waals surface area contributed by atoms with Gasteiger partial charge in [0.15, 0.2) is 5.82 Å². The van der Waals surface area contributed by atoms with E-state index in [4.69, 9.17) is 10.6 Å². The molecule has 2 heterocycles. The van der Waals surface area contributed by atoms with Gasteiger partial charge in [-0.1, -0.05) is 36.9 Å². The van der Waals surface area contributed by atoms with Crippen molar-refractivity contribution in [2.45, 2.75) is 27.0 Å². The number of fused-ring (bicyclic) bond motifs is 3. The summed E-state index contributed by atoms with van der Waals surface area (Å²) in [5.74, 6) is 1.28. The number of hydrogen-bond acceptors (Lipinski definition) is 6. The third-order valence-electron chi connectivity index (χ3n) is 3.65. The lowest BCUT2D eigenvalue weighted by atomic mass is 10.1. The van der Waals surface area contributed by atoms with E-state index in [1.165, 1.54) is 0 Å². The molecule has 0 spiro atoms. The summed E-state index contributed by atoms with van der Waals surface area (Å²) in [6, 6.07) is 7.72. The molecule has 2 aromatic heterocycles. The smallest absolute Gasteiger partial charge is 0.230 e. The molecule has 3 N–H and O–H groups in total. The molecule has 0 bridgehead atoms. The Morgan fingerprint density at radius 2 is 2.00 bits per heavy atom. The zero-order valence-corrected chi connectivity index (χ0v) is 15.2.